The molecule has 0 unspecified atom stereocenters. The molecule has 0 saturated heterocycles. The van der Waals surface area contributed by atoms with Crippen molar-refractivity contribution in [2.75, 3.05) is 5.32 Å². The Morgan fingerprint density at radius 2 is 2.00 bits per heavy atom. The van der Waals surface area contributed by atoms with Gasteiger partial charge in [0.25, 0.3) is 0 Å². The topological polar surface area (TPSA) is 109 Å². The number of amides is 1. The van der Waals surface area contributed by atoms with Crippen LogP contribution in [-0.4, -0.2) is 29.3 Å². The van der Waals surface area contributed by atoms with Crippen molar-refractivity contribution in [2.24, 2.45) is 5.73 Å². The van der Waals surface area contributed by atoms with E-state index in [1.165, 1.54) is 12.1 Å². The summed E-state index contributed by atoms with van der Waals surface area (Å²) in [5.41, 5.74) is 5.50. The summed E-state index contributed by atoms with van der Waals surface area (Å²) in [7, 11) is 0. The molecule has 1 aromatic carbocycles. The van der Waals surface area contributed by atoms with Crippen molar-refractivity contribution in [3.63, 3.8) is 0 Å². The number of Topliss-reactive ketones (excluding diaryl/α,β-unsaturated/α-hetero) is 1. The third-order valence-electron chi connectivity index (χ3n) is 1.96. The fourth-order valence-corrected chi connectivity index (χ4v) is 1.17. The number of rotatable bonds is 5. The van der Waals surface area contributed by atoms with Crippen LogP contribution in [0, 0.1) is 0 Å². The monoisotopic (exact) mass is 222 g/mol. The van der Waals surface area contributed by atoms with Gasteiger partial charge < -0.3 is 16.2 Å². The van der Waals surface area contributed by atoms with Crippen molar-refractivity contribution in [1.29, 1.82) is 0 Å². The molecule has 1 atom stereocenters. The number of carbonyl (C=O) groups is 3. The largest absolute Gasteiger partial charge is 0.480 e. The molecule has 1 aromatic rings. The van der Waals surface area contributed by atoms with Gasteiger partial charge in [-0.15, -0.1) is 0 Å². The number of carbonyl (C=O) groups excluding carboxylic acids is 2. The number of nitrogens with one attached hydrogen (secondary N) is 1. The van der Waals surface area contributed by atoms with Crippen LogP contribution < -0.4 is 11.1 Å². The number of aliphatic carboxylic acids is 1. The van der Waals surface area contributed by atoms with Gasteiger partial charge in [-0.3, -0.25) is 14.4 Å². The summed E-state index contributed by atoms with van der Waals surface area (Å²) in [5.74, 6) is -2.16. The summed E-state index contributed by atoms with van der Waals surface area (Å²) in [6, 6.07) is 4.41. The lowest BCUT2D eigenvalue weighted by Crippen LogP contribution is -2.38. The number of para-hydroxylation sites is 1. The number of ketones is 1. The minimum atomic E-state index is -1.63. The van der Waals surface area contributed by atoms with Gasteiger partial charge in [-0.2, -0.15) is 0 Å². The van der Waals surface area contributed by atoms with Crippen LogP contribution in [0.25, 0.3) is 0 Å². The molecule has 0 fully saturated rings. The molecule has 0 spiro atoms. The highest BCUT2D eigenvalue weighted by atomic mass is 16.4. The molecule has 0 radical (unpaired) electrons. The number of hydrogen-bond acceptors (Lipinski definition) is 4. The molecular weight excluding hydrogens is 212 g/mol. The minimum Gasteiger partial charge on any atom is -0.480 e. The Morgan fingerprint density at radius 1 is 1.38 bits per heavy atom. The Kier molecular flexibility index (Phi) is 3.73. The maximum atomic E-state index is 11.6. The van der Waals surface area contributed by atoms with Crippen LogP contribution in [0.1, 0.15) is 10.4 Å². The smallest absolute Gasteiger partial charge is 0.328 e. The van der Waals surface area contributed by atoms with E-state index in [0.29, 0.717) is 6.41 Å². The predicted molar refractivity (Wildman–Crippen MR) is 56.1 cm³/mol. The number of nitrogens with two attached hydrogens (primary N) is 1. The minimum absolute atomic E-state index is 0.0736. The summed E-state index contributed by atoms with van der Waals surface area (Å²) in [6.45, 7) is 0. The highest BCUT2D eigenvalue weighted by Gasteiger charge is 2.24. The molecule has 1 rings (SSSR count). The third kappa shape index (κ3) is 2.43. The molecule has 0 aliphatic heterocycles. The van der Waals surface area contributed by atoms with Crippen molar-refractivity contribution >= 4 is 23.9 Å². The average Bonchev–Trinajstić information content (AvgIpc) is 2.28. The number of carboxylic acids is 1. The Morgan fingerprint density at radius 3 is 2.56 bits per heavy atom. The van der Waals surface area contributed by atoms with E-state index in [-0.39, 0.29) is 11.3 Å². The van der Waals surface area contributed by atoms with E-state index in [4.69, 9.17) is 10.8 Å². The fraction of sp³-hybridized carbons (Fsp3) is 0.100. The van der Waals surface area contributed by atoms with E-state index >= 15 is 0 Å². The normalized spacial score (nSPS) is 11.6. The van der Waals surface area contributed by atoms with Gasteiger partial charge in [0.1, 0.15) is 0 Å². The van der Waals surface area contributed by atoms with Crippen LogP contribution in [0.4, 0.5) is 5.69 Å². The molecular formula is C10H10N2O4. The van der Waals surface area contributed by atoms with Crippen LogP contribution >= 0.6 is 0 Å². The number of anilines is 1. The van der Waals surface area contributed by atoms with Gasteiger partial charge in [-0.05, 0) is 12.1 Å². The Labute approximate surface area is 91.1 Å². The average molecular weight is 222 g/mol. The van der Waals surface area contributed by atoms with Gasteiger partial charge in [0.15, 0.2) is 11.8 Å². The van der Waals surface area contributed by atoms with E-state index in [0.717, 1.165) is 0 Å². The molecule has 0 bridgehead atoms. The second-order valence-electron chi connectivity index (χ2n) is 2.99. The first-order valence-corrected chi connectivity index (χ1v) is 4.39. The zero-order chi connectivity index (χ0) is 12.1. The van der Waals surface area contributed by atoms with Gasteiger partial charge in [0.2, 0.25) is 6.41 Å². The van der Waals surface area contributed by atoms with Crippen LogP contribution in [0.3, 0.4) is 0 Å². The lowest BCUT2D eigenvalue weighted by molar-refractivity contribution is -0.137. The highest BCUT2D eigenvalue weighted by molar-refractivity contribution is 6.14. The Hall–Kier alpha value is -2.21. The lowest BCUT2D eigenvalue weighted by atomic mass is 10.0. The van der Waals surface area contributed by atoms with Crippen molar-refractivity contribution in [3.8, 4) is 0 Å². The molecule has 16 heavy (non-hydrogen) atoms. The standard InChI is InChI=1S/C10H10N2O4/c11-8(10(15)16)9(14)6-3-1-2-4-7(6)12-5-13/h1-5,8H,11H2,(H,12,13)(H,15,16)/t8-/m0/s1. The molecule has 0 heterocycles. The first-order chi connectivity index (χ1) is 7.57. The van der Waals surface area contributed by atoms with Crippen LogP contribution in [0.2, 0.25) is 0 Å². The summed E-state index contributed by atoms with van der Waals surface area (Å²) < 4.78 is 0. The number of benzene rings is 1. The fourth-order valence-electron chi connectivity index (χ4n) is 1.17. The first kappa shape index (κ1) is 11.9. The van der Waals surface area contributed by atoms with Crippen LogP contribution in [-0.2, 0) is 9.59 Å². The molecule has 6 nitrogen and oxygen atoms in total. The lowest BCUT2D eigenvalue weighted by Gasteiger charge is -2.09. The Bertz CT molecular complexity index is 431. The molecule has 84 valence electrons. The molecule has 4 N–H and O–H groups in total. The second-order valence-corrected chi connectivity index (χ2v) is 2.99. The quantitative estimate of drug-likeness (QED) is 0.364. The maximum absolute atomic E-state index is 11.6. The summed E-state index contributed by atoms with van der Waals surface area (Å²) in [4.78, 5) is 32.5. The third-order valence-corrected chi connectivity index (χ3v) is 1.96. The van der Waals surface area contributed by atoms with Crippen LogP contribution in [0.5, 0.6) is 0 Å². The van der Waals surface area contributed by atoms with Gasteiger partial charge in [0.05, 0.1) is 5.69 Å². The van der Waals surface area contributed by atoms with Crippen molar-refractivity contribution in [2.45, 2.75) is 6.04 Å². The van der Waals surface area contributed by atoms with Crippen LogP contribution in [0.15, 0.2) is 24.3 Å². The second kappa shape index (κ2) is 5.04. The zero-order valence-corrected chi connectivity index (χ0v) is 8.21. The van der Waals surface area contributed by atoms with E-state index in [2.05, 4.69) is 5.32 Å². The molecule has 0 aliphatic rings. The molecule has 6 heteroatoms. The SMILES string of the molecule is N[C@H](C(=O)O)C(=O)c1ccccc1NC=O. The van der Waals surface area contributed by atoms with Gasteiger partial charge in [0, 0.05) is 5.56 Å². The van der Waals surface area contributed by atoms with E-state index in [9.17, 15) is 14.4 Å². The van der Waals surface area contributed by atoms with Gasteiger partial charge in [-0.25, -0.2) is 0 Å². The summed E-state index contributed by atoms with van der Waals surface area (Å²) in [5, 5.41) is 10.9. The van der Waals surface area contributed by atoms with Gasteiger partial charge >= 0.3 is 5.97 Å². The summed E-state index contributed by atoms with van der Waals surface area (Å²) >= 11 is 0. The first-order valence-electron chi connectivity index (χ1n) is 4.39. The van der Waals surface area contributed by atoms with Crippen molar-refractivity contribution in [1.82, 2.24) is 0 Å². The molecule has 1 amide bonds. The number of hydrogen-bond donors (Lipinski definition) is 3. The molecule has 0 aliphatic carbocycles. The predicted octanol–water partition coefficient (Wildman–Crippen LogP) is -0.151. The van der Waals surface area contributed by atoms with Gasteiger partial charge in [-0.1, -0.05) is 12.1 Å². The zero-order valence-electron chi connectivity index (χ0n) is 8.21. The van der Waals surface area contributed by atoms with E-state index < -0.39 is 17.8 Å². The Balaban J connectivity index is 3.07. The summed E-state index contributed by atoms with van der Waals surface area (Å²) in [6.07, 6.45) is 0.401. The van der Waals surface area contributed by atoms with E-state index in [1.54, 1.807) is 12.1 Å². The highest BCUT2D eigenvalue weighted by Crippen LogP contribution is 2.15. The van der Waals surface area contributed by atoms with Crippen molar-refractivity contribution in [3.05, 3.63) is 29.8 Å². The van der Waals surface area contributed by atoms with E-state index in [1.807, 2.05) is 0 Å². The molecule has 0 saturated carbocycles. The number of carboxylic acid groups (broad SMARTS) is 1. The van der Waals surface area contributed by atoms with Crippen molar-refractivity contribution < 1.29 is 19.5 Å². The molecule has 0 aromatic heterocycles. The maximum Gasteiger partial charge on any atom is 0.328 e.